The summed E-state index contributed by atoms with van der Waals surface area (Å²) in [6.07, 6.45) is 3.82. The Morgan fingerprint density at radius 3 is 2.80 bits per heavy atom. The molecule has 80 valence electrons. The van der Waals surface area contributed by atoms with Crippen molar-refractivity contribution in [2.75, 3.05) is 5.73 Å². The smallest absolute Gasteiger partial charge is 0.177 e. The highest BCUT2D eigenvalue weighted by Crippen LogP contribution is 2.22. The van der Waals surface area contributed by atoms with Crippen LogP contribution < -0.4 is 5.73 Å². The number of nitrogens with two attached hydrogens (primary N) is 1. The van der Waals surface area contributed by atoms with Crippen LogP contribution in [0.25, 0.3) is 11.2 Å². The number of nitrogens with zero attached hydrogens (tertiary/aromatic N) is 2. The van der Waals surface area contributed by atoms with E-state index in [-0.39, 0.29) is 0 Å². The minimum absolute atomic E-state index is 0.487. The largest absolute Gasteiger partial charge is 0.397 e. The van der Waals surface area contributed by atoms with Crippen LogP contribution in [0.3, 0.4) is 0 Å². The maximum atomic E-state index is 5.66. The Bertz CT molecular complexity index is 457. The van der Waals surface area contributed by atoms with Crippen molar-refractivity contribution in [1.29, 1.82) is 0 Å². The van der Waals surface area contributed by atoms with E-state index < -0.39 is 0 Å². The van der Waals surface area contributed by atoms with Gasteiger partial charge in [-0.2, -0.15) is 0 Å². The topological polar surface area (TPSA) is 67.6 Å². The van der Waals surface area contributed by atoms with Crippen molar-refractivity contribution >= 4 is 16.9 Å². The van der Waals surface area contributed by atoms with Gasteiger partial charge in [-0.15, -0.1) is 0 Å². The minimum Gasteiger partial charge on any atom is -0.397 e. The standard InChI is InChI=1S/C11H16N4/c1-3-7(4-2)10-14-9-5-8(12)6-13-11(9)15-10/h5-7H,3-4,12H2,1-2H3,(H,13,14,15). The Balaban J connectivity index is 2.46. The lowest BCUT2D eigenvalue weighted by Crippen LogP contribution is -1.97. The van der Waals surface area contributed by atoms with Crippen LogP contribution >= 0.6 is 0 Å². The first-order valence-electron chi connectivity index (χ1n) is 5.35. The van der Waals surface area contributed by atoms with Crippen molar-refractivity contribution in [2.45, 2.75) is 32.6 Å². The lowest BCUT2D eigenvalue weighted by molar-refractivity contribution is 0.611. The van der Waals surface area contributed by atoms with Gasteiger partial charge in [0.2, 0.25) is 0 Å². The number of rotatable bonds is 3. The van der Waals surface area contributed by atoms with E-state index in [4.69, 9.17) is 5.73 Å². The number of nitrogen functional groups attached to an aromatic ring is 1. The molecule has 0 aromatic carbocycles. The number of H-pyrrole nitrogens is 1. The van der Waals surface area contributed by atoms with Gasteiger partial charge in [-0.25, -0.2) is 9.97 Å². The second-order valence-electron chi connectivity index (χ2n) is 3.78. The summed E-state index contributed by atoms with van der Waals surface area (Å²) in [7, 11) is 0. The number of nitrogens with one attached hydrogen (secondary N) is 1. The first kappa shape index (κ1) is 9.96. The normalized spacial score (nSPS) is 11.4. The Hall–Kier alpha value is -1.58. The summed E-state index contributed by atoms with van der Waals surface area (Å²) in [6.45, 7) is 4.34. The second-order valence-corrected chi connectivity index (χ2v) is 3.78. The van der Waals surface area contributed by atoms with Crippen LogP contribution in [0.5, 0.6) is 0 Å². The highest BCUT2D eigenvalue weighted by molar-refractivity contribution is 5.74. The van der Waals surface area contributed by atoms with Gasteiger partial charge in [-0.3, -0.25) is 0 Å². The molecule has 2 aromatic rings. The zero-order valence-electron chi connectivity index (χ0n) is 9.12. The van der Waals surface area contributed by atoms with E-state index in [0.717, 1.165) is 29.8 Å². The van der Waals surface area contributed by atoms with E-state index in [1.165, 1.54) is 0 Å². The molecule has 2 heterocycles. The molecule has 15 heavy (non-hydrogen) atoms. The number of imidazole rings is 1. The maximum absolute atomic E-state index is 5.66. The number of aromatic amines is 1. The van der Waals surface area contributed by atoms with Crippen molar-refractivity contribution in [3.8, 4) is 0 Å². The molecule has 0 fully saturated rings. The SMILES string of the molecule is CCC(CC)c1nc2ncc(N)cc2[nH]1. The summed E-state index contributed by atoms with van der Waals surface area (Å²) in [6, 6.07) is 1.88. The molecule has 0 amide bonds. The number of aromatic nitrogens is 3. The van der Waals surface area contributed by atoms with Gasteiger partial charge in [0.15, 0.2) is 5.65 Å². The van der Waals surface area contributed by atoms with Crippen LogP contribution in [0.1, 0.15) is 38.4 Å². The van der Waals surface area contributed by atoms with E-state index in [9.17, 15) is 0 Å². The Morgan fingerprint density at radius 2 is 2.13 bits per heavy atom. The summed E-state index contributed by atoms with van der Waals surface area (Å²) in [4.78, 5) is 11.9. The summed E-state index contributed by atoms with van der Waals surface area (Å²) in [5.41, 5.74) is 8.02. The van der Waals surface area contributed by atoms with Gasteiger partial charge in [0.1, 0.15) is 5.82 Å². The molecule has 4 nitrogen and oxygen atoms in total. The molecule has 0 saturated carbocycles. The number of pyridine rings is 1. The molecular weight excluding hydrogens is 188 g/mol. The van der Waals surface area contributed by atoms with Crippen LogP contribution in [-0.4, -0.2) is 15.0 Å². The zero-order chi connectivity index (χ0) is 10.8. The van der Waals surface area contributed by atoms with Crippen molar-refractivity contribution in [1.82, 2.24) is 15.0 Å². The quantitative estimate of drug-likeness (QED) is 0.806. The van der Waals surface area contributed by atoms with E-state index in [1.54, 1.807) is 6.20 Å². The van der Waals surface area contributed by atoms with E-state index in [2.05, 4.69) is 28.8 Å². The van der Waals surface area contributed by atoms with Crippen LogP contribution in [0, 0.1) is 0 Å². The fourth-order valence-corrected chi connectivity index (χ4v) is 1.80. The van der Waals surface area contributed by atoms with E-state index in [0.29, 0.717) is 11.6 Å². The third-order valence-electron chi connectivity index (χ3n) is 2.75. The molecule has 0 spiro atoms. The van der Waals surface area contributed by atoms with E-state index >= 15 is 0 Å². The van der Waals surface area contributed by atoms with Crippen LogP contribution in [-0.2, 0) is 0 Å². The maximum Gasteiger partial charge on any atom is 0.177 e. The third-order valence-corrected chi connectivity index (χ3v) is 2.75. The molecule has 0 atom stereocenters. The van der Waals surface area contributed by atoms with Crippen LogP contribution in [0.2, 0.25) is 0 Å². The van der Waals surface area contributed by atoms with Crippen molar-refractivity contribution in [2.24, 2.45) is 0 Å². The summed E-state index contributed by atoms with van der Waals surface area (Å²) in [5, 5.41) is 0. The highest BCUT2D eigenvalue weighted by atomic mass is 15.0. The summed E-state index contributed by atoms with van der Waals surface area (Å²) < 4.78 is 0. The minimum atomic E-state index is 0.487. The number of hydrogen-bond acceptors (Lipinski definition) is 3. The van der Waals surface area contributed by atoms with Crippen molar-refractivity contribution < 1.29 is 0 Å². The second kappa shape index (κ2) is 3.88. The molecule has 0 aliphatic carbocycles. The predicted octanol–water partition coefficient (Wildman–Crippen LogP) is 2.44. The Kier molecular flexibility index (Phi) is 2.58. The van der Waals surface area contributed by atoms with Crippen molar-refractivity contribution in [3.63, 3.8) is 0 Å². The molecule has 2 rings (SSSR count). The Morgan fingerprint density at radius 1 is 1.40 bits per heavy atom. The molecule has 0 radical (unpaired) electrons. The zero-order valence-corrected chi connectivity index (χ0v) is 9.12. The molecule has 4 heteroatoms. The molecular formula is C11H16N4. The molecule has 0 aliphatic heterocycles. The molecule has 0 bridgehead atoms. The predicted molar refractivity (Wildman–Crippen MR) is 61.6 cm³/mol. The van der Waals surface area contributed by atoms with Crippen LogP contribution in [0.4, 0.5) is 5.69 Å². The summed E-state index contributed by atoms with van der Waals surface area (Å²) >= 11 is 0. The number of anilines is 1. The monoisotopic (exact) mass is 204 g/mol. The molecule has 0 saturated heterocycles. The molecule has 0 unspecified atom stereocenters. The van der Waals surface area contributed by atoms with Gasteiger partial charge in [0.05, 0.1) is 17.4 Å². The number of fused-ring (bicyclic) bond motifs is 1. The van der Waals surface area contributed by atoms with Crippen LogP contribution in [0.15, 0.2) is 12.3 Å². The number of hydrogen-bond donors (Lipinski definition) is 2. The third kappa shape index (κ3) is 1.79. The van der Waals surface area contributed by atoms with Gasteiger partial charge in [0.25, 0.3) is 0 Å². The average Bonchev–Trinajstić information content (AvgIpc) is 2.62. The van der Waals surface area contributed by atoms with Gasteiger partial charge in [-0.05, 0) is 18.9 Å². The van der Waals surface area contributed by atoms with Gasteiger partial charge >= 0.3 is 0 Å². The lowest BCUT2D eigenvalue weighted by atomic mass is 10.0. The van der Waals surface area contributed by atoms with Crippen molar-refractivity contribution in [3.05, 3.63) is 18.1 Å². The average molecular weight is 204 g/mol. The molecule has 3 N–H and O–H groups in total. The van der Waals surface area contributed by atoms with Gasteiger partial charge in [-0.1, -0.05) is 13.8 Å². The fourth-order valence-electron chi connectivity index (χ4n) is 1.80. The molecule has 2 aromatic heterocycles. The van der Waals surface area contributed by atoms with E-state index in [1.807, 2.05) is 6.07 Å². The van der Waals surface area contributed by atoms with Gasteiger partial charge < -0.3 is 10.7 Å². The Labute approximate surface area is 88.9 Å². The first-order valence-corrected chi connectivity index (χ1v) is 5.35. The fraction of sp³-hybridized carbons (Fsp3) is 0.455. The van der Waals surface area contributed by atoms with Gasteiger partial charge in [0, 0.05) is 5.92 Å². The first-order chi connectivity index (χ1) is 7.24. The summed E-state index contributed by atoms with van der Waals surface area (Å²) in [5.74, 6) is 1.51. The highest BCUT2D eigenvalue weighted by Gasteiger charge is 2.12. The molecule has 0 aliphatic rings. The lowest BCUT2D eigenvalue weighted by Gasteiger charge is -2.06.